The number of carbonyl (C=O) groups is 1. The van der Waals surface area contributed by atoms with Crippen molar-refractivity contribution in [3.63, 3.8) is 0 Å². The van der Waals surface area contributed by atoms with Crippen molar-refractivity contribution >= 4 is 5.91 Å². The molecule has 25 heavy (non-hydrogen) atoms. The summed E-state index contributed by atoms with van der Waals surface area (Å²) in [6.07, 6.45) is 6.41. The fourth-order valence-corrected chi connectivity index (χ4v) is 3.70. The van der Waals surface area contributed by atoms with Crippen molar-refractivity contribution in [2.75, 3.05) is 6.54 Å². The zero-order valence-corrected chi connectivity index (χ0v) is 15.5. The van der Waals surface area contributed by atoms with Gasteiger partial charge < -0.3 is 13.8 Å². The van der Waals surface area contributed by atoms with Crippen molar-refractivity contribution in [2.45, 2.75) is 71.8 Å². The van der Waals surface area contributed by atoms with E-state index in [4.69, 9.17) is 8.94 Å². The van der Waals surface area contributed by atoms with E-state index >= 15 is 0 Å². The number of nitrogens with zero attached hydrogens (tertiary/aromatic N) is 2. The highest BCUT2D eigenvalue weighted by Crippen LogP contribution is 2.32. The van der Waals surface area contributed by atoms with Gasteiger partial charge in [0.25, 0.3) is 0 Å². The van der Waals surface area contributed by atoms with Gasteiger partial charge in [-0.15, -0.1) is 0 Å². The number of aryl methyl sites for hydroxylation is 3. The van der Waals surface area contributed by atoms with Crippen LogP contribution < -0.4 is 0 Å². The van der Waals surface area contributed by atoms with Gasteiger partial charge in [0.15, 0.2) is 0 Å². The Morgan fingerprint density at radius 3 is 2.80 bits per heavy atom. The molecule has 0 aliphatic carbocycles. The molecule has 5 heteroatoms. The van der Waals surface area contributed by atoms with E-state index in [9.17, 15) is 4.79 Å². The SMILES string of the molecule is CCc1ccc([C@H]2CCCCCN2C(=O)CCc2c(C)noc2C)o1. The molecular formula is C20H28N2O3. The largest absolute Gasteiger partial charge is 0.464 e. The molecule has 1 saturated heterocycles. The molecule has 1 amide bonds. The zero-order valence-electron chi connectivity index (χ0n) is 15.5. The normalized spacial score (nSPS) is 18.4. The number of hydrogen-bond acceptors (Lipinski definition) is 4. The lowest BCUT2D eigenvalue weighted by atomic mass is 10.1. The molecule has 136 valence electrons. The molecule has 0 unspecified atom stereocenters. The molecular weight excluding hydrogens is 316 g/mol. The van der Waals surface area contributed by atoms with Crippen LogP contribution in [0.2, 0.25) is 0 Å². The Bertz CT molecular complexity index is 697. The van der Waals surface area contributed by atoms with Gasteiger partial charge in [0.2, 0.25) is 5.91 Å². The van der Waals surface area contributed by atoms with Gasteiger partial charge in [-0.1, -0.05) is 24.9 Å². The van der Waals surface area contributed by atoms with Crippen molar-refractivity contribution in [2.24, 2.45) is 0 Å². The molecule has 5 nitrogen and oxygen atoms in total. The van der Waals surface area contributed by atoms with Crippen LogP contribution in [-0.4, -0.2) is 22.5 Å². The minimum Gasteiger partial charge on any atom is -0.464 e. The molecule has 3 rings (SSSR count). The molecule has 2 aromatic heterocycles. The van der Waals surface area contributed by atoms with Crippen LogP contribution in [0.4, 0.5) is 0 Å². The Morgan fingerprint density at radius 1 is 1.28 bits per heavy atom. The number of rotatable bonds is 5. The maximum Gasteiger partial charge on any atom is 0.223 e. The van der Waals surface area contributed by atoms with Crippen LogP contribution in [-0.2, 0) is 17.6 Å². The summed E-state index contributed by atoms with van der Waals surface area (Å²) >= 11 is 0. The maximum atomic E-state index is 13.0. The minimum absolute atomic E-state index is 0.0694. The number of carbonyl (C=O) groups excluding carboxylic acids is 1. The Labute approximate surface area is 149 Å². The van der Waals surface area contributed by atoms with Gasteiger partial charge in [0, 0.05) is 24.9 Å². The highest BCUT2D eigenvalue weighted by Gasteiger charge is 2.29. The van der Waals surface area contributed by atoms with Crippen LogP contribution in [0.5, 0.6) is 0 Å². The fraction of sp³-hybridized carbons (Fsp3) is 0.600. The van der Waals surface area contributed by atoms with Crippen molar-refractivity contribution in [3.05, 3.63) is 40.7 Å². The van der Waals surface area contributed by atoms with Crippen LogP contribution in [0, 0.1) is 13.8 Å². The van der Waals surface area contributed by atoms with Crippen LogP contribution in [0.25, 0.3) is 0 Å². The van der Waals surface area contributed by atoms with E-state index in [-0.39, 0.29) is 11.9 Å². The van der Waals surface area contributed by atoms with Crippen molar-refractivity contribution < 1.29 is 13.7 Å². The molecule has 0 N–H and O–H groups in total. The Hall–Kier alpha value is -2.04. The second-order valence-corrected chi connectivity index (χ2v) is 6.91. The molecule has 0 radical (unpaired) electrons. The predicted octanol–water partition coefficient (Wildman–Crippen LogP) is 4.52. The standard InChI is InChI=1S/C20H28N2O3/c1-4-16-9-11-19(24-16)18-8-6-5-7-13-22(18)20(23)12-10-17-14(2)21-25-15(17)3/h9,11,18H,4-8,10,12-13H2,1-3H3/t18-/m1/s1. The van der Waals surface area contributed by atoms with Crippen molar-refractivity contribution in [3.8, 4) is 0 Å². The molecule has 1 fully saturated rings. The van der Waals surface area contributed by atoms with Gasteiger partial charge >= 0.3 is 0 Å². The molecule has 0 spiro atoms. The van der Waals surface area contributed by atoms with Gasteiger partial charge in [-0.05, 0) is 45.2 Å². The van der Waals surface area contributed by atoms with E-state index < -0.39 is 0 Å². The van der Waals surface area contributed by atoms with E-state index in [2.05, 4.69) is 12.1 Å². The summed E-state index contributed by atoms with van der Waals surface area (Å²) in [4.78, 5) is 15.0. The Balaban J connectivity index is 1.73. The van der Waals surface area contributed by atoms with E-state index in [1.807, 2.05) is 30.9 Å². The van der Waals surface area contributed by atoms with E-state index in [0.717, 1.165) is 60.8 Å². The lowest BCUT2D eigenvalue weighted by Crippen LogP contribution is -2.34. The maximum absolute atomic E-state index is 13.0. The summed E-state index contributed by atoms with van der Waals surface area (Å²) in [5, 5.41) is 3.98. The lowest BCUT2D eigenvalue weighted by molar-refractivity contribution is -0.134. The molecule has 0 aromatic carbocycles. The topological polar surface area (TPSA) is 59.5 Å². The predicted molar refractivity (Wildman–Crippen MR) is 95.3 cm³/mol. The average molecular weight is 344 g/mol. The first-order valence-corrected chi connectivity index (χ1v) is 9.40. The summed E-state index contributed by atoms with van der Waals surface area (Å²) in [5.74, 6) is 2.93. The summed E-state index contributed by atoms with van der Waals surface area (Å²) < 4.78 is 11.2. The Kier molecular flexibility index (Phi) is 5.61. The van der Waals surface area contributed by atoms with Crippen LogP contribution in [0.1, 0.15) is 73.6 Å². The third-order valence-electron chi connectivity index (χ3n) is 5.20. The van der Waals surface area contributed by atoms with Gasteiger partial charge in [-0.3, -0.25) is 4.79 Å². The monoisotopic (exact) mass is 344 g/mol. The Morgan fingerprint density at radius 2 is 2.12 bits per heavy atom. The fourth-order valence-electron chi connectivity index (χ4n) is 3.70. The van der Waals surface area contributed by atoms with Gasteiger partial charge in [-0.2, -0.15) is 0 Å². The van der Waals surface area contributed by atoms with Crippen molar-refractivity contribution in [1.29, 1.82) is 0 Å². The van der Waals surface area contributed by atoms with Crippen molar-refractivity contribution in [1.82, 2.24) is 10.1 Å². The van der Waals surface area contributed by atoms with Gasteiger partial charge in [0.05, 0.1) is 11.7 Å². The molecule has 0 bridgehead atoms. The average Bonchev–Trinajstić information content (AvgIpc) is 3.12. The number of furan rings is 1. The van der Waals surface area contributed by atoms with Crippen LogP contribution in [0.15, 0.2) is 21.1 Å². The number of amides is 1. The molecule has 1 aliphatic rings. The second-order valence-electron chi connectivity index (χ2n) is 6.91. The van der Waals surface area contributed by atoms with Crippen LogP contribution in [0.3, 0.4) is 0 Å². The first-order chi connectivity index (χ1) is 12.1. The summed E-state index contributed by atoms with van der Waals surface area (Å²) in [6, 6.07) is 4.15. The highest BCUT2D eigenvalue weighted by atomic mass is 16.5. The summed E-state index contributed by atoms with van der Waals surface area (Å²) in [5.41, 5.74) is 1.95. The molecule has 1 aliphatic heterocycles. The third-order valence-corrected chi connectivity index (χ3v) is 5.20. The first kappa shape index (κ1) is 17.8. The number of aromatic nitrogens is 1. The van der Waals surface area contributed by atoms with Crippen LogP contribution >= 0.6 is 0 Å². The smallest absolute Gasteiger partial charge is 0.223 e. The molecule has 2 aromatic rings. The third kappa shape index (κ3) is 3.97. The second kappa shape index (κ2) is 7.89. The first-order valence-electron chi connectivity index (χ1n) is 9.40. The van der Waals surface area contributed by atoms with Gasteiger partial charge in [0.1, 0.15) is 17.3 Å². The number of hydrogen-bond donors (Lipinski definition) is 0. The van der Waals surface area contributed by atoms with E-state index in [0.29, 0.717) is 12.8 Å². The molecule has 3 heterocycles. The molecule has 1 atom stereocenters. The summed E-state index contributed by atoms with van der Waals surface area (Å²) in [6.45, 7) is 6.74. The number of likely N-dealkylation sites (tertiary alicyclic amines) is 1. The minimum atomic E-state index is 0.0694. The lowest BCUT2D eigenvalue weighted by Gasteiger charge is -2.29. The quantitative estimate of drug-likeness (QED) is 0.800. The zero-order chi connectivity index (χ0) is 17.8. The van der Waals surface area contributed by atoms with Gasteiger partial charge in [-0.25, -0.2) is 0 Å². The van der Waals surface area contributed by atoms with E-state index in [1.54, 1.807) is 0 Å². The highest BCUT2D eigenvalue weighted by molar-refractivity contribution is 5.77. The molecule has 0 saturated carbocycles. The summed E-state index contributed by atoms with van der Waals surface area (Å²) in [7, 11) is 0. The van der Waals surface area contributed by atoms with E-state index in [1.165, 1.54) is 6.42 Å².